The van der Waals surface area contributed by atoms with E-state index in [1.54, 1.807) is 14.2 Å². The molecule has 0 aromatic heterocycles. The second-order valence-electron chi connectivity index (χ2n) is 2.79. The van der Waals surface area contributed by atoms with Crippen LogP contribution in [-0.2, 0) is 22.7 Å². The first-order valence-corrected chi connectivity index (χ1v) is 4.82. The van der Waals surface area contributed by atoms with E-state index in [9.17, 15) is 0 Å². The molecule has 0 aliphatic rings. The monoisotopic (exact) mass is 244 g/mol. The largest absolute Gasteiger partial charge is 0.380 e. The minimum absolute atomic E-state index is 0.633. The molecule has 1 rings (SSSR count). The standard InChI is InChI=1S/C10H13BrO2/c1-12-6-8-3-4-9(7-13-2)10(11)5-8/h3-5H,6-7H2,1-2H3. The summed E-state index contributed by atoms with van der Waals surface area (Å²) in [7, 11) is 3.38. The van der Waals surface area contributed by atoms with Crippen LogP contribution in [0.15, 0.2) is 22.7 Å². The van der Waals surface area contributed by atoms with Gasteiger partial charge in [-0.2, -0.15) is 0 Å². The van der Waals surface area contributed by atoms with E-state index < -0.39 is 0 Å². The maximum atomic E-state index is 5.05. The molecule has 0 amide bonds. The van der Waals surface area contributed by atoms with Gasteiger partial charge < -0.3 is 9.47 Å². The van der Waals surface area contributed by atoms with Crippen molar-refractivity contribution in [3.8, 4) is 0 Å². The van der Waals surface area contributed by atoms with E-state index in [-0.39, 0.29) is 0 Å². The zero-order valence-electron chi connectivity index (χ0n) is 7.84. The van der Waals surface area contributed by atoms with Crippen LogP contribution >= 0.6 is 15.9 Å². The summed E-state index contributed by atoms with van der Waals surface area (Å²) in [5, 5.41) is 0. The van der Waals surface area contributed by atoms with Gasteiger partial charge in [0.1, 0.15) is 0 Å². The highest BCUT2D eigenvalue weighted by Gasteiger charge is 2.00. The molecule has 3 heteroatoms. The number of halogens is 1. The minimum Gasteiger partial charge on any atom is -0.380 e. The predicted octanol–water partition coefficient (Wildman–Crippen LogP) is 2.74. The van der Waals surface area contributed by atoms with Crippen molar-refractivity contribution in [2.24, 2.45) is 0 Å². The molecule has 0 N–H and O–H groups in total. The summed E-state index contributed by atoms with van der Waals surface area (Å²) in [6.07, 6.45) is 0. The van der Waals surface area contributed by atoms with Gasteiger partial charge >= 0.3 is 0 Å². The number of hydrogen-bond donors (Lipinski definition) is 0. The Balaban J connectivity index is 2.79. The highest BCUT2D eigenvalue weighted by molar-refractivity contribution is 9.10. The van der Waals surface area contributed by atoms with E-state index in [1.165, 1.54) is 0 Å². The SMILES string of the molecule is COCc1ccc(COC)c(Br)c1. The molecule has 0 bridgehead atoms. The summed E-state index contributed by atoms with van der Waals surface area (Å²) in [5.74, 6) is 0. The summed E-state index contributed by atoms with van der Waals surface area (Å²) in [6.45, 7) is 1.28. The molecular weight excluding hydrogens is 232 g/mol. The van der Waals surface area contributed by atoms with Gasteiger partial charge in [-0.25, -0.2) is 0 Å². The summed E-state index contributed by atoms with van der Waals surface area (Å²) in [6, 6.07) is 6.14. The molecule has 0 unspecified atom stereocenters. The van der Waals surface area contributed by atoms with Gasteiger partial charge in [-0.15, -0.1) is 0 Å². The van der Waals surface area contributed by atoms with Gasteiger partial charge in [0.15, 0.2) is 0 Å². The Labute approximate surface area is 87.0 Å². The third-order valence-corrected chi connectivity index (χ3v) is 2.47. The summed E-state index contributed by atoms with van der Waals surface area (Å²) < 4.78 is 11.2. The maximum Gasteiger partial charge on any atom is 0.0724 e. The molecule has 0 saturated heterocycles. The highest BCUT2D eigenvalue weighted by Crippen LogP contribution is 2.19. The Hall–Kier alpha value is -0.380. The van der Waals surface area contributed by atoms with Crippen LogP contribution in [0.3, 0.4) is 0 Å². The van der Waals surface area contributed by atoms with Crippen molar-refractivity contribution in [2.75, 3.05) is 14.2 Å². The van der Waals surface area contributed by atoms with Gasteiger partial charge in [0.25, 0.3) is 0 Å². The molecule has 13 heavy (non-hydrogen) atoms. The molecule has 0 heterocycles. The summed E-state index contributed by atoms with van der Waals surface area (Å²) >= 11 is 3.48. The number of methoxy groups -OCH3 is 2. The van der Waals surface area contributed by atoms with Crippen molar-refractivity contribution in [2.45, 2.75) is 13.2 Å². The van der Waals surface area contributed by atoms with Crippen molar-refractivity contribution in [3.63, 3.8) is 0 Å². The molecule has 72 valence electrons. The third-order valence-electron chi connectivity index (χ3n) is 1.73. The van der Waals surface area contributed by atoms with Crippen molar-refractivity contribution >= 4 is 15.9 Å². The quantitative estimate of drug-likeness (QED) is 0.811. The molecule has 0 atom stereocenters. The lowest BCUT2D eigenvalue weighted by Gasteiger charge is -2.05. The van der Waals surface area contributed by atoms with Crippen molar-refractivity contribution in [3.05, 3.63) is 33.8 Å². The van der Waals surface area contributed by atoms with E-state index >= 15 is 0 Å². The Morgan fingerprint density at radius 1 is 1.15 bits per heavy atom. The summed E-state index contributed by atoms with van der Waals surface area (Å²) in [4.78, 5) is 0. The minimum atomic E-state index is 0.633. The van der Waals surface area contributed by atoms with Gasteiger partial charge in [-0.1, -0.05) is 28.1 Å². The van der Waals surface area contributed by atoms with Crippen LogP contribution in [0.4, 0.5) is 0 Å². The number of ether oxygens (including phenoxy) is 2. The average Bonchev–Trinajstić information content (AvgIpc) is 2.10. The van der Waals surface area contributed by atoms with E-state index in [1.807, 2.05) is 12.1 Å². The van der Waals surface area contributed by atoms with Gasteiger partial charge in [0.2, 0.25) is 0 Å². The first-order valence-electron chi connectivity index (χ1n) is 4.03. The fraction of sp³-hybridized carbons (Fsp3) is 0.400. The average molecular weight is 245 g/mol. The zero-order valence-corrected chi connectivity index (χ0v) is 9.43. The van der Waals surface area contributed by atoms with Crippen molar-refractivity contribution < 1.29 is 9.47 Å². The molecular formula is C10H13BrO2. The van der Waals surface area contributed by atoms with Crippen LogP contribution in [0, 0.1) is 0 Å². The Kier molecular flexibility index (Phi) is 4.42. The fourth-order valence-electron chi connectivity index (χ4n) is 1.12. The van der Waals surface area contributed by atoms with E-state index in [2.05, 4.69) is 22.0 Å². The van der Waals surface area contributed by atoms with E-state index in [4.69, 9.17) is 9.47 Å². The number of benzene rings is 1. The van der Waals surface area contributed by atoms with Crippen LogP contribution in [0.1, 0.15) is 11.1 Å². The van der Waals surface area contributed by atoms with Crippen LogP contribution < -0.4 is 0 Å². The molecule has 1 aromatic rings. The number of hydrogen-bond acceptors (Lipinski definition) is 2. The lowest BCUT2D eigenvalue weighted by Crippen LogP contribution is -1.92. The van der Waals surface area contributed by atoms with Crippen molar-refractivity contribution in [1.29, 1.82) is 0 Å². The van der Waals surface area contributed by atoms with Crippen LogP contribution in [0.2, 0.25) is 0 Å². The van der Waals surface area contributed by atoms with Crippen LogP contribution in [0.5, 0.6) is 0 Å². The highest BCUT2D eigenvalue weighted by atomic mass is 79.9. The first-order chi connectivity index (χ1) is 6.27. The third kappa shape index (κ3) is 3.10. The smallest absolute Gasteiger partial charge is 0.0724 e. The normalized spacial score (nSPS) is 10.4. The molecule has 1 aromatic carbocycles. The number of rotatable bonds is 4. The Bertz CT molecular complexity index is 274. The molecule has 0 fully saturated rings. The van der Waals surface area contributed by atoms with E-state index in [0.717, 1.165) is 15.6 Å². The maximum absolute atomic E-state index is 5.05. The van der Waals surface area contributed by atoms with Gasteiger partial charge in [0.05, 0.1) is 13.2 Å². The fourth-order valence-corrected chi connectivity index (χ4v) is 1.66. The lowest BCUT2D eigenvalue weighted by atomic mass is 10.1. The second kappa shape index (κ2) is 5.37. The zero-order chi connectivity index (χ0) is 9.68. The van der Waals surface area contributed by atoms with Crippen molar-refractivity contribution in [1.82, 2.24) is 0 Å². The lowest BCUT2D eigenvalue weighted by molar-refractivity contribution is 0.182. The van der Waals surface area contributed by atoms with Gasteiger partial charge in [0, 0.05) is 18.7 Å². The predicted molar refractivity (Wildman–Crippen MR) is 55.6 cm³/mol. The van der Waals surface area contributed by atoms with Gasteiger partial charge in [-0.3, -0.25) is 0 Å². The second-order valence-corrected chi connectivity index (χ2v) is 3.65. The first kappa shape index (κ1) is 10.7. The Morgan fingerprint density at radius 3 is 2.38 bits per heavy atom. The topological polar surface area (TPSA) is 18.5 Å². The molecule has 0 spiro atoms. The van der Waals surface area contributed by atoms with Gasteiger partial charge in [-0.05, 0) is 17.2 Å². The summed E-state index contributed by atoms with van der Waals surface area (Å²) in [5.41, 5.74) is 2.32. The van der Waals surface area contributed by atoms with Crippen LogP contribution in [0.25, 0.3) is 0 Å². The molecule has 0 aliphatic carbocycles. The molecule has 0 radical (unpaired) electrons. The molecule has 0 saturated carbocycles. The van der Waals surface area contributed by atoms with E-state index in [0.29, 0.717) is 13.2 Å². The molecule has 0 aliphatic heterocycles. The van der Waals surface area contributed by atoms with Crippen LogP contribution in [-0.4, -0.2) is 14.2 Å². The molecule has 2 nitrogen and oxygen atoms in total. The Morgan fingerprint density at radius 2 is 1.85 bits per heavy atom.